The molecule has 1 aromatic heterocycles. The predicted molar refractivity (Wildman–Crippen MR) is 116 cm³/mol. The molecule has 4 rings (SSSR count). The number of methoxy groups -OCH3 is 1. The van der Waals surface area contributed by atoms with E-state index in [-0.39, 0.29) is 6.03 Å². The molecule has 2 aromatic rings. The van der Waals surface area contributed by atoms with E-state index in [2.05, 4.69) is 33.0 Å². The zero-order valence-electron chi connectivity index (χ0n) is 18.0. The van der Waals surface area contributed by atoms with E-state index in [9.17, 15) is 4.79 Å². The van der Waals surface area contributed by atoms with Gasteiger partial charge >= 0.3 is 6.03 Å². The maximum absolute atomic E-state index is 11.8. The summed E-state index contributed by atoms with van der Waals surface area (Å²) in [6.07, 6.45) is 5.93. The maximum atomic E-state index is 11.8. The Bertz CT molecular complexity index is 852. The van der Waals surface area contributed by atoms with Gasteiger partial charge < -0.3 is 19.5 Å². The van der Waals surface area contributed by atoms with Crippen LogP contribution in [-0.2, 0) is 13.1 Å². The van der Waals surface area contributed by atoms with E-state index in [1.165, 1.54) is 35.9 Å². The van der Waals surface area contributed by atoms with E-state index in [1.54, 1.807) is 26.1 Å². The van der Waals surface area contributed by atoms with Crippen molar-refractivity contribution in [2.45, 2.75) is 51.2 Å². The van der Waals surface area contributed by atoms with E-state index < -0.39 is 0 Å². The number of benzene rings is 1. The highest BCUT2D eigenvalue weighted by Crippen LogP contribution is 2.32. The summed E-state index contributed by atoms with van der Waals surface area (Å²) in [6.45, 7) is 4.35. The monoisotopic (exact) mass is 398 g/mol. The quantitative estimate of drug-likeness (QED) is 0.836. The lowest BCUT2D eigenvalue weighted by Gasteiger charge is -2.33. The lowest BCUT2D eigenvalue weighted by molar-refractivity contribution is 0.184. The van der Waals surface area contributed by atoms with Gasteiger partial charge in [-0.3, -0.25) is 4.90 Å². The second kappa shape index (κ2) is 8.66. The van der Waals surface area contributed by atoms with Crippen molar-refractivity contribution >= 4 is 16.9 Å². The van der Waals surface area contributed by atoms with Gasteiger partial charge in [-0.15, -0.1) is 0 Å². The van der Waals surface area contributed by atoms with Crippen LogP contribution in [0.5, 0.6) is 5.75 Å². The molecule has 6 nitrogen and oxygen atoms in total. The molecular formula is C23H34N4O2. The van der Waals surface area contributed by atoms with Crippen LogP contribution in [-0.4, -0.2) is 60.7 Å². The Hall–Kier alpha value is -2.21. The maximum Gasteiger partial charge on any atom is 0.317 e. The smallest absolute Gasteiger partial charge is 0.317 e. The summed E-state index contributed by atoms with van der Waals surface area (Å²) in [5.41, 5.74) is 2.68. The molecule has 2 aliphatic rings. The third-order valence-electron chi connectivity index (χ3n) is 6.67. The van der Waals surface area contributed by atoms with Crippen LogP contribution in [0, 0.1) is 5.92 Å². The standard InChI is InChI=1S/C23H34N4O2/c1-25(2)23(28)24-18-9-7-17(8-10-18)11-12-26-13-14-27-19(16-26)15-20-21(27)5-4-6-22(20)29-3/h4-6,15,17-18H,7-14,16H2,1-3H3,(H,24,28). The van der Waals surface area contributed by atoms with Crippen LogP contribution in [0.3, 0.4) is 0 Å². The number of fused-ring (bicyclic) bond motifs is 3. The Balaban J connectivity index is 1.28. The van der Waals surface area contributed by atoms with Gasteiger partial charge in [-0.1, -0.05) is 6.07 Å². The van der Waals surface area contributed by atoms with Crippen molar-refractivity contribution in [2.24, 2.45) is 5.92 Å². The molecule has 0 spiro atoms. The van der Waals surface area contributed by atoms with Crippen LogP contribution >= 0.6 is 0 Å². The molecule has 1 fully saturated rings. The Morgan fingerprint density at radius 3 is 2.72 bits per heavy atom. The van der Waals surface area contributed by atoms with Crippen molar-refractivity contribution in [1.29, 1.82) is 0 Å². The fraction of sp³-hybridized carbons (Fsp3) is 0.609. The highest BCUT2D eigenvalue weighted by Gasteiger charge is 2.25. The van der Waals surface area contributed by atoms with Gasteiger partial charge in [-0.2, -0.15) is 0 Å². The summed E-state index contributed by atoms with van der Waals surface area (Å²) in [5.74, 6) is 1.75. The Kier molecular flexibility index (Phi) is 5.99. The number of carbonyl (C=O) groups is 1. The average molecular weight is 399 g/mol. The molecule has 1 aromatic carbocycles. The first-order valence-electron chi connectivity index (χ1n) is 10.9. The number of ether oxygens (including phenoxy) is 1. The Morgan fingerprint density at radius 2 is 2.00 bits per heavy atom. The molecule has 6 heteroatoms. The van der Waals surface area contributed by atoms with Gasteiger partial charge in [0.1, 0.15) is 5.75 Å². The van der Waals surface area contributed by atoms with E-state index in [0.29, 0.717) is 6.04 Å². The first kappa shape index (κ1) is 20.1. The predicted octanol–water partition coefficient (Wildman–Crippen LogP) is 3.69. The lowest BCUT2D eigenvalue weighted by atomic mass is 9.84. The first-order chi connectivity index (χ1) is 14.0. The van der Waals surface area contributed by atoms with Crippen LogP contribution in [0.15, 0.2) is 24.3 Å². The van der Waals surface area contributed by atoms with Crippen LogP contribution in [0.1, 0.15) is 37.8 Å². The van der Waals surface area contributed by atoms with E-state index in [4.69, 9.17) is 4.74 Å². The van der Waals surface area contributed by atoms with Crippen molar-refractivity contribution in [3.8, 4) is 5.75 Å². The summed E-state index contributed by atoms with van der Waals surface area (Å²) in [4.78, 5) is 16.0. The molecule has 0 atom stereocenters. The van der Waals surface area contributed by atoms with Gasteiger partial charge in [0.2, 0.25) is 0 Å². The first-order valence-corrected chi connectivity index (χ1v) is 10.9. The number of urea groups is 1. The molecule has 2 heterocycles. The Morgan fingerprint density at radius 1 is 1.21 bits per heavy atom. The third kappa shape index (κ3) is 4.37. The van der Waals surface area contributed by atoms with Crippen molar-refractivity contribution in [3.63, 3.8) is 0 Å². The summed E-state index contributed by atoms with van der Waals surface area (Å²) in [6, 6.07) is 9.01. The molecule has 0 bridgehead atoms. The van der Waals surface area contributed by atoms with Gasteiger partial charge in [0.05, 0.1) is 12.6 Å². The topological polar surface area (TPSA) is 49.7 Å². The van der Waals surface area contributed by atoms with Gasteiger partial charge in [-0.05, 0) is 62.8 Å². The Labute approximate surface area is 173 Å². The van der Waals surface area contributed by atoms with E-state index in [1.807, 2.05) is 6.07 Å². The summed E-state index contributed by atoms with van der Waals surface area (Å²) in [5, 5.41) is 4.37. The number of carbonyl (C=O) groups excluding carboxylic acids is 1. The molecule has 0 saturated heterocycles. The van der Waals surface area contributed by atoms with Crippen LogP contribution < -0.4 is 10.1 Å². The second-order valence-electron chi connectivity index (χ2n) is 8.81. The van der Waals surface area contributed by atoms with E-state index >= 15 is 0 Å². The van der Waals surface area contributed by atoms with Crippen LogP contribution in [0.25, 0.3) is 10.9 Å². The number of nitrogens with one attached hydrogen (secondary N) is 1. The van der Waals surface area contributed by atoms with Gasteiger partial charge in [0, 0.05) is 50.9 Å². The average Bonchev–Trinajstić information content (AvgIpc) is 3.11. The fourth-order valence-electron chi connectivity index (χ4n) is 4.89. The molecule has 0 unspecified atom stereocenters. The SMILES string of the molecule is COc1cccc2c1cc1n2CCN(CCC2CCC(NC(=O)N(C)C)CC2)C1. The molecule has 29 heavy (non-hydrogen) atoms. The van der Waals surface area contributed by atoms with Crippen molar-refractivity contribution < 1.29 is 9.53 Å². The van der Waals surface area contributed by atoms with Crippen molar-refractivity contribution in [2.75, 3.05) is 34.3 Å². The molecular weight excluding hydrogens is 364 g/mol. The molecule has 1 N–H and O–H groups in total. The number of amides is 2. The lowest BCUT2D eigenvalue weighted by Crippen LogP contribution is -2.43. The van der Waals surface area contributed by atoms with Gasteiger partial charge in [0.15, 0.2) is 0 Å². The molecule has 1 aliphatic heterocycles. The summed E-state index contributed by atoms with van der Waals surface area (Å²) in [7, 11) is 5.35. The highest BCUT2D eigenvalue weighted by molar-refractivity contribution is 5.87. The minimum absolute atomic E-state index is 0.0359. The summed E-state index contributed by atoms with van der Waals surface area (Å²) >= 11 is 0. The minimum Gasteiger partial charge on any atom is -0.496 e. The molecule has 1 aliphatic carbocycles. The largest absolute Gasteiger partial charge is 0.496 e. The zero-order valence-corrected chi connectivity index (χ0v) is 18.0. The summed E-state index contributed by atoms with van der Waals surface area (Å²) < 4.78 is 8.00. The normalized spacial score (nSPS) is 22.3. The zero-order chi connectivity index (χ0) is 20.4. The van der Waals surface area contributed by atoms with Crippen LogP contribution in [0.4, 0.5) is 4.79 Å². The van der Waals surface area contributed by atoms with Crippen LogP contribution in [0.2, 0.25) is 0 Å². The number of hydrogen-bond donors (Lipinski definition) is 1. The second-order valence-corrected chi connectivity index (χ2v) is 8.81. The number of rotatable bonds is 5. The van der Waals surface area contributed by atoms with Crippen molar-refractivity contribution in [3.05, 3.63) is 30.0 Å². The molecule has 1 saturated carbocycles. The number of aromatic nitrogens is 1. The molecule has 158 valence electrons. The number of hydrogen-bond acceptors (Lipinski definition) is 3. The van der Waals surface area contributed by atoms with Gasteiger partial charge in [0.25, 0.3) is 0 Å². The fourth-order valence-corrected chi connectivity index (χ4v) is 4.89. The highest BCUT2D eigenvalue weighted by atomic mass is 16.5. The van der Waals surface area contributed by atoms with E-state index in [0.717, 1.165) is 50.7 Å². The third-order valence-corrected chi connectivity index (χ3v) is 6.67. The number of nitrogens with zero attached hydrogens (tertiary/aromatic N) is 3. The van der Waals surface area contributed by atoms with Gasteiger partial charge in [-0.25, -0.2) is 4.79 Å². The molecule has 2 amide bonds. The van der Waals surface area contributed by atoms with Crippen molar-refractivity contribution in [1.82, 2.24) is 19.7 Å². The minimum atomic E-state index is 0.0359. The molecule has 0 radical (unpaired) electrons.